The second-order valence-electron chi connectivity index (χ2n) is 4.68. The van der Waals surface area contributed by atoms with Crippen LogP contribution < -0.4 is 5.32 Å². The van der Waals surface area contributed by atoms with E-state index in [1.807, 2.05) is 0 Å². The van der Waals surface area contributed by atoms with Crippen LogP contribution in [0.4, 0.5) is 13.2 Å². The second kappa shape index (κ2) is 6.94. The maximum atomic E-state index is 11.7. The molecular weight excluding hydrogens is 247 g/mol. The number of nitrogens with one attached hydrogen (secondary N) is 1. The SMILES string of the molecule is CN1CCN(C=O)CC1.FC(F)(F)C1CCNC1. The quantitative estimate of drug-likeness (QED) is 0.705. The Balaban J connectivity index is 0.000000180. The molecule has 0 aliphatic carbocycles. The minimum Gasteiger partial charge on any atom is -0.343 e. The largest absolute Gasteiger partial charge is 0.393 e. The van der Waals surface area contributed by atoms with Gasteiger partial charge in [-0.3, -0.25) is 4.79 Å². The van der Waals surface area contributed by atoms with Crippen LogP contribution in [-0.2, 0) is 4.79 Å². The highest BCUT2D eigenvalue weighted by molar-refractivity contribution is 5.47. The summed E-state index contributed by atoms with van der Waals surface area (Å²) < 4.78 is 35.2. The molecule has 0 bridgehead atoms. The van der Waals surface area contributed by atoms with Crippen molar-refractivity contribution in [2.24, 2.45) is 5.92 Å². The fourth-order valence-corrected chi connectivity index (χ4v) is 1.86. The first-order chi connectivity index (χ1) is 8.43. The minimum atomic E-state index is -3.98. The molecule has 0 aromatic carbocycles. The average molecular weight is 267 g/mol. The molecule has 2 heterocycles. The summed E-state index contributed by atoms with van der Waals surface area (Å²) in [5.74, 6) is -1.10. The van der Waals surface area contributed by atoms with Crippen LogP contribution in [0, 0.1) is 5.92 Å². The first-order valence-corrected chi connectivity index (χ1v) is 6.09. The number of rotatable bonds is 1. The van der Waals surface area contributed by atoms with Crippen molar-refractivity contribution in [2.45, 2.75) is 12.6 Å². The summed E-state index contributed by atoms with van der Waals surface area (Å²) in [5.41, 5.74) is 0. The highest BCUT2D eigenvalue weighted by Crippen LogP contribution is 2.29. The van der Waals surface area contributed by atoms with Gasteiger partial charge in [0.15, 0.2) is 0 Å². The summed E-state index contributed by atoms with van der Waals surface area (Å²) in [6, 6.07) is 0. The molecule has 1 atom stereocenters. The molecule has 106 valence electrons. The number of halogens is 3. The van der Waals surface area contributed by atoms with Gasteiger partial charge in [0.25, 0.3) is 0 Å². The Labute approximate surface area is 105 Å². The molecule has 18 heavy (non-hydrogen) atoms. The highest BCUT2D eigenvalue weighted by Gasteiger charge is 2.40. The van der Waals surface area contributed by atoms with Gasteiger partial charge in [0, 0.05) is 32.7 Å². The first kappa shape index (κ1) is 15.2. The van der Waals surface area contributed by atoms with Crippen LogP contribution in [0.25, 0.3) is 0 Å². The summed E-state index contributed by atoms with van der Waals surface area (Å²) in [4.78, 5) is 14.2. The Hall–Kier alpha value is -0.820. The summed E-state index contributed by atoms with van der Waals surface area (Å²) in [7, 11) is 2.07. The van der Waals surface area contributed by atoms with Crippen molar-refractivity contribution in [3.63, 3.8) is 0 Å². The predicted octanol–water partition coefficient (Wildman–Crippen LogP) is 0.548. The van der Waals surface area contributed by atoms with Gasteiger partial charge in [-0.1, -0.05) is 0 Å². The molecule has 2 aliphatic heterocycles. The molecule has 0 radical (unpaired) electrons. The molecule has 2 rings (SSSR count). The van der Waals surface area contributed by atoms with E-state index >= 15 is 0 Å². The zero-order valence-electron chi connectivity index (χ0n) is 10.5. The molecule has 2 saturated heterocycles. The zero-order chi connectivity index (χ0) is 13.6. The van der Waals surface area contributed by atoms with Crippen molar-refractivity contribution in [3.05, 3.63) is 0 Å². The monoisotopic (exact) mass is 267 g/mol. The molecule has 1 unspecified atom stereocenters. The van der Waals surface area contributed by atoms with Crippen molar-refractivity contribution >= 4 is 6.41 Å². The topological polar surface area (TPSA) is 35.6 Å². The van der Waals surface area contributed by atoms with E-state index in [0.29, 0.717) is 6.54 Å². The fourth-order valence-electron chi connectivity index (χ4n) is 1.86. The molecule has 0 spiro atoms. The molecular formula is C11H20F3N3O. The van der Waals surface area contributed by atoms with E-state index in [1.165, 1.54) is 0 Å². The number of amides is 1. The molecule has 0 aromatic rings. The van der Waals surface area contributed by atoms with Gasteiger partial charge in [-0.05, 0) is 20.0 Å². The fraction of sp³-hybridized carbons (Fsp3) is 0.909. The number of likely N-dealkylation sites (N-methyl/N-ethyl adjacent to an activating group) is 1. The van der Waals surface area contributed by atoms with Crippen LogP contribution in [0.5, 0.6) is 0 Å². The van der Waals surface area contributed by atoms with E-state index in [4.69, 9.17) is 0 Å². The smallest absolute Gasteiger partial charge is 0.343 e. The second-order valence-corrected chi connectivity index (χ2v) is 4.68. The van der Waals surface area contributed by atoms with Crippen LogP contribution in [0.15, 0.2) is 0 Å². The van der Waals surface area contributed by atoms with Crippen molar-refractivity contribution in [2.75, 3.05) is 46.3 Å². The number of carbonyl (C=O) groups is 1. The third kappa shape index (κ3) is 5.22. The lowest BCUT2D eigenvalue weighted by atomic mass is 10.1. The number of nitrogens with zero attached hydrogens (tertiary/aromatic N) is 2. The zero-order valence-corrected chi connectivity index (χ0v) is 10.5. The maximum absolute atomic E-state index is 11.7. The van der Waals surface area contributed by atoms with Crippen molar-refractivity contribution in [1.29, 1.82) is 0 Å². The third-order valence-electron chi connectivity index (χ3n) is 3.21. The van der Waals surface area contributed by atoms with E-state index in [-0.39, 0.29) is 13.0 Å². The van der Waals surface area contributed by atoms with E-state index < -0.39 is 12.1 Å². The van der Waals surface area contributed by atoms with Gasteiger partial charge in [0.2, 0.25) is 6.41 Å². The van der Waals surface area contributed by atoms with Crippen LogP contribution in [0.3, 0.4) is 0 Å². The lowest BCUT2D eigenvalue weighted by Crippen LogP contribution is -2.43. The number of piperazine rings is 1. The third-order valence-corrected chi connectivity index (χ3v) is 3.21. The van der Waals surface area contributed by atoms with Crippen molar-refractivity contribution in [1.82, 2.24) is 15.1 Å². The Morgan fingerprint density at radius 1 is 1.22 bits per heavy atom. The number of carbonyl (C=O) groups excluding carboxylic acids is 1. The highest BCUT2D eigenvalue weighted by atomic mass is 19.4. The maximum Gasteiger partial charge on any atom is 0.393 e. The van der Waals surface area contributed by atoms with E-state index in [9.17, 15) is 18.0 Å². The normalized spacial score (nSPS) is 25.6. The molecule has 1 N–H and O–H groups in total. The Morgan fingerprint density at radius 2 is 1.83 bits per heavy atom. The molecule has 2 fully saturated rings. The summed E-state index contributed by atoms with van der Waals surface area (Å²) in [6.45, 7) is 4.41. The molecule has 2 aliphatic rings. The van der Waals surface area contributed by atoms with Gasteiger partial charge in [-0.15, -0.1) is 0 Å². The predicted molar refractivity (Wildman–Crippen MR) is 62.2 cm³/mol. The van der Waals surface area contributed by atoms with Gasteiger partial charge in [-0.25, -0.2) is 0 Å². The lowest BCUT2D eigenvalue weighted by Gasteiger charge is -2.29. The lowest BCUT2D eigenvalue weighted by molar-refractivity contribution is -0.168. The van der Waals surface area contributed by atoms with E-state index in [1.54, 1.807) is 4.90 Å². The first-order valence-electron chi connectivity index (χ1n) is 6.09. The van der Waals surface area contributed by atoms with Gasteiger partial charge in [0.1, 0.15) is 0 Å². The van der Waals surface area contributed by atoms with Gasteiger partial charge in [-0.2, -0.15) is 13.2 Å². The Bertz CT molecular complexity index is 246. The van der Waals surface area contributed by atoms with E-state index in [2.05, 4.69) is 17.3 Å². The van der Waals surface area contributed by atoms with Crippen LogP contribution in [-0.4, -0.2) is 68.7 Å². The molecule has 0 saturated carbocycles. The van der Waals surface area contributed by atoms with E-state index in [0.717, 1.165) is 32.6 Å². The van der Waals surface area contributed by atoms with Crippen molar-refractivity contribution < 1.29 is 18.0 Å². The molecule has 0 aromatic heterocycles. The summed E-state index contributed by atoms with van der Waals surface area (Å²) in [6.07, 6.45) is -2.82. The number of alkyl halides is 3. The molecule has 7 heteroatoms. The van der Waals surface area contributed by atoms with Gasteiger partial charge < -0.3 is 15.1 Å². The standard InChI is InChI=1S/C6H12N2O.C5H8F3N/c1-7-2-4-8(6-9)5-3-7;6-5(7,8)4-1-2-9-3-4/h6H,2-5H2,1H3;4,9H,1-3H2. The van der Waals surface area contributed by atoms with Crippen molar-refractivity contribution in [3.8, 4) is 0 Å². The van der Waals surface area contributed by atoms with Gasteiger partial charge in [0.05, 0.1) is 5.92 Å². The Kier molecular flexibility index (Phi) is 5.87. The average Bonchev–Trinajstić information content (AvgIpc) is 2.84. The van der Waals surface area contributed by atoms with Crippen LogP contribution in [0.2, 0.25) is 0 Å². The van der Waals surface area contributed by atoms with Crippen LogP contribution in [0.1, 0.15) is 6.42 Å². The molecule has 1 amide bonds. The number of hydrogen-bond donors (Lipinski definition) is 1. The Morgan fingerprint density at radius 3 is 2.17 bits per heavy atom. The molecule has 4 nitrogen and oxygen atoms in total. The number of hydrogen-bond acceptors (Lipinski definition) is 3. The minimum absolute atomic E-state index is 0.101. The van der Waals surface area contributed by atoms with Crippen LogP contribution >= 0.6 is 0 Å². The summed E-state index contributed by atoms with van der Waals surface area (Å²) in [5, 5.41) is 2.66. The summed E-state index contributed by atoms with van der Waals surface area (Å²) >= 11 is 0. The van der Waals surface area contributed by atoms with Gasteiger partial charge >= 0.3 is 6.18 Å².